The normalized spacial score (nSPS) is 14.5. The number of aliphatic hydroxyl groups is 2. The van der Waals surface area contributed by atoms with E-state index in [0.717, 1.165) is 18.7 Å². The monoisotopic (exact) mass is 302 g/mol. The van der Waals surface area contributed by atoms with Crippen LogP contribution in [0.25, 0.3) is 0 Å². The van der Waals surface area contributed by atoms with Gasteiger partial charge in [0.2, 0.25) is 0 Å². The maximum Gasteiger partial charge on any atom is 0.272 e. The van der Waals surface area contributed by atoms with Gasteiger partial charge < -0.3 is 15.1 Å². The summed E-state index contributed by atoms with van der Waals surface area (Å²) >= 11 is 0. The fourth-order valence-corrected chi connectivity index (χ4v) is 2.62. The zero-order chi connectivity index (χ0) is 15.5. The van der Waals surface area contributed by atoms with E-state index in [0.29, 0.717) is 30.0 Å². The van der Waals surface area contributed by atoms with Crippen LogP contribution in [0, 0.1) is 0 Å². The minimum atomic E-state index is -0.157. The van der Waals surface area contributed by atoms with Gasteiger partial charge in [0, 0.05) is 19.3 Å². The molecule has 1 amide bonds. The molecule has 0 unspecified atom stereocenters. The minimum absolute atomic E-state index is 0.103. The van der Waals surface area contributed by atoms with Crippen LogP contribution in [0.3, 0.4) is 0 Å². The van der Waals surface area contributed by atoms with Crippen molar-refractivity contribution in [3.63, 3.8) is 0 Å². The molecule has 0 saturated carbocycles. The van der Waals surface area contributed by atoms with Crippen molar-refractivity contribution in [2.75, 3.05) is 6.54 Å². The summed E-state index contributed by atoms with van der Waals surface area (Å²) in [5.74, 6) is -0.157. The van der Waals surface area contributed by atoms with E-state index in [1.165, 1.54) is 6.20 Å². The van der Waals surface area contributed by atoms with Gasteiger partial charge >= 0.3 is 0 Å². The number of fused-ring (bicyclic) bond motifs is 1. The molecule has 3 heterocycles. The Kier molecular flexibility index (Phi) is 4.17. The van der Waals surface area contributed by atoms with E-state index in [1.54, 1.807) is 17.0 Å². The van der Waals surface area contributed by atoms with Crippen LogP contribution < -0.4 is 0 Å². The van der Waals surface area contributed by atoms with E-state index >= 15 is 0 Å². The molecule has 1 aliphatic rings. The first kappa shape index (κ1) is 14.7. The van der Waals surface area contributed by atoms with E-state index in [2.05, 4.69) is 10.1 Å². The molecule has 2 N–H and O–H groups in total. The van der Waals surface area contributed by atoms with Gasteiger partial charge in [-0.05, 0) is 30.2 Å². The molecule has 0 aliphatic carbocycles. The van der Waals surface area contributed by atoms with E-state index < -0.39 is 0 Å². The Morgan fingerprint density at radius 3 is 2.86 bits per heavy atom. The zero-order valence-electron chi connectivity index (χ0n) is 12.1. The summed E-state index contributed by atoms with van der Waals surface area (Å²) in [5.41, 5.74) is 2.53. The van der Waals surface area contributed by atoms with Crippen molar-refractivity contribution in [1.29, 1.82) is 0 Å². The number of amides is 1. The summed E-state index contributed by atoms with van der Waals surface area (Å²) in [6.45, 7) is 1.57. The Bertz CT molecular complexity index is 683. The van der Waals surface area contributed by atoms with Crippen LogP contribution in [0.15, 0.2) is 24.4 Å². The lowest BCUT2D eigenvalue weighted by Gasteiger charge is -2.19. The first-order valence-electron chi connectivity index (χ1n) is 7.23. The lowest BCUT2D eigenvalue weighted by Crippen LogP contribution is -2.31. The second kappa shape index (κ2) is 6.25. The number of aromatic nitrogens is 3. The average Bonchev–Trinajstić information content (AvgIpc) is 2.85. The fraction of sp³-hybridized carbons (Fsp3) is 0.400. The third-order valence-electron chi connectivity index (χ3n) is 3.74. The molecule has 0 atom stereocenters. The van der Waals surface area contributed by atoms with Crippen molar-refractivity contribution >= 4 is 5.91 Å². The van der Waals surface area contributed by atoms with Gasteiger partial charge in [0.15, 0.2) is 0 Å². The van der Waals surface area contributed by atoms with Gasteiger partial charge in [0.05, 0.1) is 31.1 Å². The quantitative estimate of drug-likeness (QED) is 0.851. The molecule has 0 radical (unpaired) electrons. The van der Waals surface area contributed by atoms with Gasteiger partial charge in [-0.25, -0.2) is 0 Å². The fourth-order valence-electron chi connectivity index (χ4n) is 2.62. The van der Waals surface area contributed by atoms with Gasteiger partial charge in [-0.3, -0.25) is 14.5 Å². The number of rotatable bonds is 3. The van der Waals surface area contributed by atoms with Crippen LogP contribution in [-0.2, 0) is 26.3 Å². The molecule has 7 heteroatoms. The molecule has 0 bridgehead atoms. The van der Waals surface area contributed by atoms with E-state index in [9.17, 15) is 15.0 Å². The highest BCUT2D eigenvalue weighted by molar-refractivity contribution is 5.92. The minimum Gasteiger partial charge on any atom is -0.392 e. The van der Waals surface area contributed by atoms with Gasteiger partial charge in [-0.2, -0.15) is 5.10 Å². The van der Waals surface area contributed by atoms with Crippen LogP contribution in [-0.4, -0.2) is 42.3 Å². The van der Waals surface area contributed by atoms with Gasteiger partial charge in [-0.15, -0.1) is 0 Å². The topological polar surface area (TPSA) is 91.5 Å². The van der Waals surface area contributed by atoms with E-state index in [4.69, 9.17) is 0 Å². The predicted octanol–water partition coefficient (Wildman–Crippen LogP) is 0.309. The lowest BCUT2D eigenvalue weighted by molar-refractivity contribution is 0.0739. The van der Waals surface area contributed by atoms with Crippen molar-refractivity contribution in [1.82, 2.24) is 19.7 Å². The summed E-state index contributed by atoms with van der Waals surface area (Å²) in [6.07, 6.45) is 2.33. The number of hydrogen-bond donors (Lipinski definition) is 2. The molecular weight excluding hydrogens is 284 g/mol. The highest BCUT2D eigenvalue weighted by Gasteiger charge is 2.22. The number of aryl methyl sites for hydroxylation is 1. The summed E-state index contributed by atoms with van der Waals surface area (Å²) in [4.78, 5) is 18.4. The Morgan fingerprint density at radius 1 is 1.23 bits per heavy atom. The Labute approximate surface area is 127 Å². The number of hydrogen-bond acceptors (Lipinski definition) is 5. The molecule has 22 heavy (non-hydrogen) atoms. The molecule has 1 aliphatic heterocycles. The van der Waals surface area contributed by atoms with Crippen molar-refractivity contribution in [3.05, 3.63) is 47.0 Å². The zero-order valence-corrected chi connectivity index (χ0v) is 12.1. The molecule has 0 saturated heterocycles. The summed E-state index contributed by atoms with van der Waals surface area (Å²) in [7, 11) is 0. The standard InChI is InChI=1S/C15H18N4O3/c20-9-11-2-3-16-14(6-11)15(22)18-4-1-5-19-13(8-18)7-12(10-21)17-19/h2-3,6-7,20-21H,1,4-5,8-10H2. The smallest absolute Gasteiger partial charge is 0.272 e. The van der Waals surface area contributed by atoms with E-state index in [1.807, 2.05) is 10.7 Å². The highest BCUT2D eigenvalue weighted by atomic mass is 16.3. The predicted molar refractivity (Wildman–Crippen MR) is 77.7 cm³/mol. The molecule has 0 aromatic carbocycles. The van der Waals surface area contributed by atoms with Crippen molar-refractivity contribution in [2.45, 2.75) is 32.7 Å². The maximum atomic E-state index is 12.6. The van der Waals surface area contributed by atoms with Crippen molar-refractivity contribution in [3.8, 4) is 0 Å². The number of carbonyl (C=O) groups is 1. The van der Waals surface area contributed by atoms with Gasteiger partial charge in [0.25, 0.3) is 5.91 Å². The Balaban J connectivity index is 1.83. The van der Waals surface area contributed by atoms with Crippen LogP contribution in [0.4, 0.5) is 0 Å². The lowest BCUT2D eigenvalue weighted by atomic mass is 10.2. The first-order chi connectivity index (χ1) is 10.7. The van der Waals surface area contributed by atoms with Crippen LogP contribution in [0.2, 0.25) is 0 Å². The second-order valence-corrected chi connectivity index (χ2v) is 5.30. The van der Waals surface area contributed by atoms with E-state index in [-0.39, 0.29) is 19.1 Å². The molecule has 0 fully saturated rings. The van der Waals surface area contributed by atoms with Crippen LogP contribution >= 0.6 is 0 Å². The number of carbonyl (C=O) groups excluding carboxylic acids is 1. The second-order valence-electron chi connectivity index (χ2n) is 5.30. The van der Waals surface area contributed by atoms with Gasteiger partial charge in [-0.1, -0.05) is 0 Å². The summed E-state index contributed by atoms with van der Waals surface area (Å²) < 4.78 is 1.84. The summed E-state index contributed by atoms with van der Waals surface area (Å²) in [5, 5.41) is 22.7. The Hall–Kier alpha value is -2.25. The summed E-state index contributed by atoms with van der Waals surface area (Å²) in [6, 6.07) is 5.12. The van der Waals surface area contributed by atoms with Gasteiger partial charge in [0.1, 0.15) is 5.69 Å². The van der Waals surface area contributed by atoms with Crippen molar-refractivity contribution < 1.29 is 15.0 Å². The first-order valence-corrected chi connectivity index (χ1v) is 7.23. The molecule has 0 spiro atoms. The Morgan fingerprint density at radius 2 is 2.09 bits per heavy atom. The number of aliphatic hydroxyl groups excluding tert-OH is 2. The maximum absolute atomic E-state index is 12.6. The highest BCUT2D eigenvalue weighted by Crippen LogP contribution is 2.16. The molecule has 2 aromatic rings. The molecule has 3 rings (SSSR count). The third-order valence-corrected chi connectivity index (χ3v) is 3.74. The number of nitrogens with zero attached hydrogens (tertiary/aromatic N) is 4. The van der Waals surface area contributed by atoms with Crippen LogP contribution in [0.5, 0.6) is 0 Å². The third kappa shape index (κ3) is 2.86. The molecule has 2 aromatic heterocycles. The number of pyridine rings is 1. The average molecular weight is 302 g/mol. The van der Waals surface area contributed by atoms with Crippen LogP contribution in [0.1, 0.15) is 33.9 Å². The molecule has 7 nitrogen and oxygen atoms in total. The molecular formula is C15H18N4O3. The SMILES string of the molecule is O=C(c1cc(CO)ccn1)N1CCCn2nc(CO)cc2C1. The largest absolute Gasteiger partial charge is 0.392 e. The molecule has 116 valence electrons. The van der Waals surface area contributed by atoms with Crippen molar-refractivity contribution in [2.24, 2.45) is 0 Å².